The molecule has 0 fully saturated rings. The van der Waals surface area contributed by atoms with Gasteiger partial charge in [-0.25, -0.2) is 0 Å². The third-order valence-corrected chi connectivity index (χ3v) is 19.3. The lowest BCUT2D eigenvalue weighted by atomic mass is 10.4. The summed E-state index contributed by atoms with van der Waals surface area (Å²) >= 11 is 0. The van der Waals surface area contributed by atoms with E-state index in [0.717, 1.165) is 4.90 Å². The highest BCUT2D eigenvalue weighted by molar-refractivity contribution is 7.52. The van der Waals surface area contributed by atoms with Gasteiger partial charge < -0.3 is 66.3 Å². The molecule has 0 saturated heterocycles. The molecular formula is C17H48N3O15P3Si3. The van der Waals surface area contributed by atoms with E-state index < -0.39 is 67.8 Å². The lowest BCUT2D eigenvalue weighted by Gasteiger charge is -2.41. The van der Waals surface area contributed by atoms with Crippen LogP contribution in [0.2, 0.25) is 24.7 Å². The zero-order valence-electron chi connectivity index (χ0n) is 24.2. The Kier molecular flexibility index (Phi) is 19.0. The van der Waals surface area contributed by atoms with Gasteiger partial charge in [0, 0.05) is 40.5 Å². The van der Waals surface area contributed by atoms with Crippen LogP contribution in [-0.4, -0.2) is 127 Å². The Labute approximate surface area is 244 Å². The van der Waals surface area contributed by atoms with E-state index in [4.69, 9.17) is 41.5 Å². The number of nitrogens with zero attached hydrogens (tertiary/aromatic N) is 1. The van der Waals surface area contributed by atoms with Gasteiger partial charge in [0.05, 0.1) is 6.29 Å². The molecule has 2 atom stereocenters. The molecule has 0 spiro atoms. The fourth-order valence-corrected chi connectivity index (χ4v) is 17.3. The second-order valence-corrected chi connectivity index (χ2v) is 24.1. The Balaban J connectivity index is 5.93. The van der Waals surface area contributed by atoms with Crippen LogP contribution in [0.5, 0.6) is 0 Å². The number of hydrogen-bond donors (Lipinski definition) is 8. The Morgan fingerprint density at radius 2 is 1.22 bits per heavy atom. The molecule has 0 bridgehead atoms. The van der Waals surface area contributed by atoms with Gasteiger partial charge in [-0.15, -0.1) is 0 Å². The van der Waals surface area contributed by atoms with Crippen molar-refractivity contribution in [3.05, 3.63) is 0 Å². The SMILES string of the molecule is CO[Si](C)(CCCN(CP(=O)(O)O)CP(=O)(O)O)O[Si](CCCNCP(=O)(O)O)(OC)O[Si](CCCN)(OC)OC. The molecule has 0 aromatic rings. The van der Waals surface area contributed by atoms with Crippen molar-refractivity contribution in [1.29, 1.82) is 0 Å². The predicted molar refractivity (Wildman–Crippen MR) is 156 cm³/mol. The van der Waals surface area contributed by atoms with Crippen LogP contribution in [0.3, 0.4) is 0 Å². The van der Waals surface area contributed by atoms with Crippen LogP contribution in [-0.2, 0) is 39.6 Å². The van der Waals surface area contributed by atoms with E-state index in [1.54, 1.807) is 6.55 Å². The van der Waals surface area contributed by atoms with Crippen molar-refractivity contribution in [2.45, 2.75) is 43.9 Å². The smallest absolute Gasteiger partial charge is 0.398 e. The maximum Gasteiger partial charge on any atom is 0.493 e. The molecule has 0 aromatic heterocycles. The van der Waals surface area contributed by atoms with Crippen molar-refractivity contribution < 1.29 is 69.0 Å². The summed E-state index contributed by atoms with van der Waals surface area (Å²) in [5.74, 6) is 0. The van der Waals surface area contributed by atoms with E-state index >= 15 is 0 Å². The largest absolute Gasteiger partial charge is 0.493 e. The minimum absolute atomic E-state index is 0.0639. The molecular weight excluding hydrogens is 663 g/mol. The maximum atomic E-state index is 11.5. The first-order valence-corrected chi connectivity index (χ1v) is 24.4. The first kappa shape index (κ1) is 41.7. The predicted octanol–water partition coefficient (Wildman–Crippen LogP) is -0.0188. The van der Waals surface area contributed by atoms with Crippen LogP contribution >= 0.6 is 22.8 Å². The average Bonchev–Trinajstić information content (AvgIpc) is 2.83. The second kappa shape index (κ2) is 18.6. The topological polar surface area (TPSA) is 269 Å². The molecule has 248 valence electrons. The third kappa shape index (κ3) is 19.0. The number of hydrogen-bond acceptors (Lipinski definition) is 12. The molecule has 18 nitrogen and oxygen atoms in total. The van der Waals surface area contributed by atoms with E-state index in [-0.39, 0.29) is 31.6 Å². The monoisotopic (exact) mass is 711 g/mol. The zero-order valence-corrected chi connectivity index (χ0v) is 29.9. The molecule has 2 unspecified atom stereocenters. The molecule has 9 N–H and O–H groups in total. The third-order valence-electron chi connectivity index (χ3n) is 5.76. The summed E-state index contributed by atoms with van der Waals surface area (Å²) < 4.78 is 70.2. The van der Waals surface area contributed by atoms with Crippen molar-refractivity contribution in [1.82, 2.24) is 10.2 Å². The zero-order chi connectivity index (χ0) is 32.0. The van der Waals surface area contributed by atoms with E-state index in [1.807, 2.05) is 0 Å². The Morgan fingerprint density at radius 3 is 1.63 bits per heavy atom. The Bertz CT molecular complexity index is 869. The quantitative estimate of drug-likeness (QED) is 0.0351. The molecule has 41 heavy (non-hydrogen) atoms. The highest BCUT2D eigenvalue weighted by atomic mass is 31.2. The normalized spacial score (nSPS) is 16.6. The maximum absolute atomic E-state index is 11.5. The number of rotatable bonds is 25. The summed E-state index contributed by atoms with van der Waals surface area (Å²) in [6.45, 7) is 2.22. The van der Waals surface area contributed by atoms with Gasteiger partial charge in [-0.2, -0.15) is 0 Å². The first-order valence-electron chi connectivity index (χ1n) is 12.6. The van der Waals surface area contributed by atoms with Gasteiger partial charge in [-0.05, 0) is 51.5 Å². The lowest BCUT2D eigenvalue weighted by molar-refractivity contribution is 0.0940. The molecule has 0 rings (SSSR count). The molecule has 0 saturated carbocycles. The van der Waals surface area contributed by atoms with Crippen molar-refractivity contribution in [3.8, 4) is 0 Å². The molecule has 0 amide bonds. The fraction of sp³-hybridized carbons (Fsp3) is 1.00. The van der Waals surface area contributed by atoms with Crippen LogP contribution in [0.25, 0.3) is 0 Å². The molecule has 0 aliphatic heterocycles. The van der Waals surface area contributed by atoms with Gasteiger partial charge in [0.25, 0.3) is 0 Å². The van der Waals surface area contributed by atoms with Crippen molar-refractivity contribution in [2.24, 2.45) is 5.73 Å². The van der Waals surface area contributed by atoms with Crippen molar-refractivity contribution >= 4 is 49.0 Å². The Morgan fingerprint density at radius 1 is 0.707 bits per heavy atom. The van der Waals surface area contributed by atoms with Crippen LogP contribution < -0.4 is 11.1 Å². The molecule has 24 heteroatoms. The minimum atomic E-state index is -4.59. The summed E-state index contributed by atoms with van der Waals surface area (Å²) in [4.78, 5) is 56.5. The van der Waals surface area contributed by atoms with Gasteiger partial charge in [0.1, 0.15) is 12.6 Å². The highest BCUT2D eigenvalue weighted by Gasteiger charge is 2.55. The van der Waals surface area contributed by atoms with Gasteiger partial charge in [0.2, 0.25) is 0 Å². The Hall–Kier alpha value is 0.741. The summed E-state index contributed by atoms with van der Waals surface area (Å²) in [6, 6.07) is 0.785. The summed E-state index contributed by atoms with van der Waals surface area (Å²) in [6.07, 6.45) is -1.10. The molecule has 0 radical (unpaired) electrons. The molecule has 0 aliphatic carbocycles. The minimum Gasteiger partial charge on any atom is -0.398 e. The van der Waals surface area contributed by atoms with Gasteiger partial charge in [-0.3, -0.25) is 18.6 Å². The summed E-state index contributed by atoms with van der Waals surface area (Å²) in [5.41, 5.74) is 5.69. The van der Waals surface area contributed by atoms with E-state index in [0.29, 0.717) is 25.4 Å². The van der Waals surface area contributed by atoms with E-state index in [1.165, 1.54) is 28.4 Å². The number of nitrogens with two attached hydrogens (primary N) is 1. The molecule has 0 aliphatic rings. The highest BCUT2D eigenvalue weighted by Crippen LogP contribution is 2.41. The van der Waals surface area contributed by atoms with Crippen LogP contribution in [0.4, 0.5) is 0 Å². The van der Waals surface area contributed by atoms with Gasteiger partial charge in [-0.1, -0.05) is 0 Å². The van der Waals surface area contributed by atoms with Gasteiger partial charge in [0.15, 0.2) is 0 Å². The van der Waals surface area contributed by atoms with E-state index in [2.05, 4.69) is 5.32 Å². The molecule has 0 aromatic carbocycles. The van der Waals surface area contributed by atoms with E-state index in [9.17, 15) is 33.3 Å². The van der Waals surface area contributed by atoms with Crippen LogP contribution in [0.1, 0.15) is 19.3 Å². The summed E-state index contributed by atoms with van der Waals surface area (Å²) in [7, 11) is -18.0. The lowest BCUT2D eigenvalue weighted by Crippen LogP contribution is -2.62. The standard InChI is InChI=1S/C17H48N3O15P3Si3/c1-30-39(5,12-8-11-20(16-37(24,25)26)17-38(27,28)29)34-41(33-4,14-7-10-19-15-36(21,22)23)35-40(31-2,32-3)13-6-9-18/h19H,6-18H2,1-5H3,(H2,21,22,23)(H2,24,25,26)(H2,27,28,29). The average molecular weight is 712 g/mol. The molecule has 0 heterocycles. The van der Waals surface area contributed by atoms with Gasteiger partial charge >= 0.3 is 49.0 Å². The second-order valence-electron chi connectivity index (χ2n) is 9.45. The fourth-order valence-electron chi connectivity index (χ4n) is 3.79. The summed E-state index contributed by atoms with van der Waals surface area (Å²) in [5, 5.41) is 2.68. The first-order chi connectivity index (χ1) is 18.7. The number of nitrogens with one attached hydrogen (secondary N) is 1. The van der Waals surface area contributed by atoms with Crippen molar-refractivity contribution in [3.63, 3.8) is 0 Å². The van der Waals surface area contributed by atoms with Crippen LogP contribution in [0, 0.1) is 0 Å². The van der Waals surface area contributed by atoms with Crippen LogP contribution in [0.15, 0.2) is 0 Å². The van der Waals surface area contributed by atoms with Crippen molar-refractivity contribution in [2.75, 3.05) is 66.9 Å².